The predicted molar refractivity (Wildman–Crippen MR) is 87.6 cm³/mol. The summed E-state index contributed by atoms with van der Waals surface area (Å²) in [6.45, 7) is 3.81. The lowest BCUT2D eigenvalue weighted by Crippen LogP contribution is -2.51. The topological polar surface area (TPSA) is 94.6 Å². The van der Waals surface area contributed by atoms with Crippen molar-refractivity contribution in [2.24, 2.45) is 0 Å². The van der Waals surface area contributed by atoms with E-state index < -0.39 is 0 Å². The van der Waals surface area contributed by atoms with E-state index in [-0.39, 0.29) is 12.1 Å². The largest absolute Gasteiger partial charge is 0.619 e. The zero-order chi connectivity index (χ0) is 17.8. The molecule has 132 valence electrons. The van der Waals surface area contributed by atoms with Gasteiger partial charge in [0.05, 0.1) is 17.9 Å². The fourth-order valence-corrected chi connectivity index (χ4v) is 2.64. The molecule has 1 fully saturated rings. The van der Waals surface area contributed by atoms with E-state index in [2.05, 4.69) is 4.98 Å². The highest BCUT2D eigenvalue weighted by Crippen LogP contribution is 2.15. The molecule has 1 aliphatic rings. The van der Waals surface area contributed by atoms with E-state index in [1.165, 1.54) is 23.3 Å². The van der Waals surface area contributed by atoms with Crippen LogP contribution in [0.5, 0.6) is 0 Å². The lowest BCUT2D eigenvalue weighted by atomic mass is 10.2. The molecular formula is C16H19N5O4. The molecule has 2 amide bonds. The molecule has 0 atom stereocenters. The average molecular weight is 345 g/mol. The van der Waals surface area contributed by atoms with Crippen LogP contribution in [0, 0.1) is 5.21 Å². The number of imidazole rings is 1. The first-order valence-electron chi connectivity index (χ1n) is 8.02. The Hall–Kier alpha value is -3.10. The first-order chi connectivity index (χ1) is 12.1. The maximum absolute atomic E-state index is 12.6. The van der Waals surface area contributed by atoms with E-state index in [1.807, 2.05) is 0 Å². The highest BCUT2D eigenvalue weighted by atomic mass is 16.6. The van der Waals surface area contributed by atoms with Crippen LogP contribution in [0.25, 0.3) is 11.3 Å². The molecule has 3 rings (SSSR count). The molecule has 2 aromatic rings. The Morgan fingerprint density at radius 1 is 1.28 bits per heavy atom. The molecule has 0 spiro atoms. The Morgan fingerprint density at radius 3 is 2.68 bits per heavy atom. The summed E-state index contributed by atoms with van der Waals surface area (Å²) in [5.41, 5.74) is 1.18. The summed E-state index contributed by atoms with van der Waals surface area (Å²) in [5, 5.41) is 11.3. The number of ether oxygens (including phenoxy) is 1. The van der Waals surface area contributed by atoms with Gasteiger partial charge in [-0.1, -0.05) is 0 Å². The highest BCUT2D eigenvalue weighted by Gasteiger charge is 2.25. The molecule has 0 unspecified atom stereocenters. The molecule has 2 aromatic heterocycles. The van der Waals surface area contributed by atoms with Gasteiger partial charge in [0.2, 0.25) is 0 Å². The molecule has 9 heteroatoms. The van der Waals surface area contributed by atoms with Crippen molar-refractivity contribution in [2.45, 2.75) is 6.92 Å². The van der Waals surface area contributed by atoms with Crippen LogP contribution in [0.2, 0.25) is 0 Å². The standard InChI is InChI=1S/C16H19N5O4/c1-2-25-16(23)19-8-6-18(7-9-19)15(22)20-11-14(17-12-20)13-4-3-5-21(24)10-13/h3-5,10-12H,2,6-9H2,1H3. The lowest BCUT2D eigenvalue weighted by Gasteiger charge is -2.33. The normalized spacial score (nSPS) is 14.4. The van der Waals surface area contributed by atoms with E-state index >= 15 is 0 Å². The van der Waals surface area contributed by atoms with Gasteiger partial charge in [0.1, 0.15) is 6.33 Å². The molecule has 1 aliphatic heterocycles. The fraction of sp³-hybridized carbons (Fsp3) is 0.375. The second-order valence-corrected chi connectivity index (χ2v) is 5.57. The number of amides is 2. The SMILES string of the molecule is CCOC(=O)N1CCN(C(=O)n2cnc(-c3ccc[n+]([O-])c3)c2)CC1. The molecule has 0 aliphatic carbocycles. The summed E-state index contributed by atoms with van der Waals surface area (Å²) < 4.78 is 7.04. The van der Waals surface area contributed by atoms with Gasteiger partial charge in [0, 0.05) is 38.4 Å². The van der Waals surface area contributed by atoms with Crippen LogP contribution < -0.4 is 4.73 Å². The van der Waals surface area contributed by atoms with Crippen LogP contribution in [0.1, 0.15) is 6.92 Å². The minimum absolute atomic E-state index is 0.215. The summed E-state index contributed by atoms with van der Waals surface area (Å²) in [6.07, 6.45) is 5.45. The highest BCUT2D eigenvalue weighted by molar-refractivity contribution is 5.78. The van der Waals surface area contributed by atoms with Crippen molar-refractivity contribution >= 4 is 12.1 Å². The summed E-state index contributed by atoms with van der Waals surface area (Å²) >= 11 is 0. The molecule has 3 heterocycles. The quantitative estimate of drug-likeness (QED) is 0.596. The number of carbonyl (C=O) groups excluding carboxylic acids is 2. The molecule has 0 bridgehead atoms. The Balaban J connectivity index is 1.64. The van der Waals surface area contributed by atoms with Gasteiger partial charge < -0.3 is 19.7 Å². The van der Waals surface area contributed by atoms with E-state index in [1.54, 1.807) is 35.1 Å². The predicted octanol–water partition coefficient (Wildman–Crippen LogP) is 0.926. The smallest absolute Gasteiger partial charge is 0.409 e. The van der Waals surface area contributed by atoms with Crippen LogP contribution >= 0.6 is 0 Å². The van der Waals surface area contributed by atoms with Gasteiger partial charge in [-0.15, -0.1) is 0 Å². The number of pyridine rings is 1. The fourth-order valence-electron chi connectivity index (χ4n) is 2.64. The first kappa shape index (κ1) is 16.7. The minimum Gasteiger partial charge on any atom is -0.619 e. The molecule has 0 radical (unpaired) electrons. The average Bonchev–Trinajstić information content (AvgIpc) is 3.11. The Labute approximate surface area is 144 Å². The second-order valence-electron chi connectivity index (χ2n) is 5.57. The molecular weight excluding hydrogens is 326 g/mol. The molecule has 0 saturated carbocycles. The molecule has 9 nitrogen and oxygen atoms in total. The van der Waals surface area contributed by atoms with Gasteiger partial charge in [-0.2, -0.15) is 4.73 Å². The van der Waals surface area contributed by atoms with Crippen LogP contribution in [0.15, 0.2) is 37.1 Å². The Kier molecular flexibility index (Phi) is 4.82. The second kappa shape index (κ2) is 7.20. The zero-order valence-electron chi connectivity index (χ0n) is 13.9. The number of hydrogen-bond acceptors (Lipinski definition) is 5. The molecule has 25 heavy (non-hydrogen) atoms. The van der Waals surface area contributed by atoms with E-state index in [0.717, 1.165) is 0 Å². The van der Waals surface area contributed by atoms with Crippen molar-refractivity contribution in [1.29, 1.82) is 0 Å². The van der Waals surface area contributed by atoms with Crippen molar-refractivity contribution in [3.8, 4) is 11.3 Å². The number of nitrogens with zero attached hydrogens (tertiary/aromatic N) is 5. The van der Waals surface area contributed by atoms with Gasteiger partial charge in [0.25, 0.3) is 0 Å². The van der Waals surface area contributed by atoms with Crippen LogP contribution in [-0.4, -0.2) is 64.3 Å². The third-order valence-electron chi connectivity index (χ3n) is 3.95. The maximum atomic E-state index is 12.6. The van der Waals surface area contributed by atoms with Crippen molar-refractivity contribution in [1.82, 2.24) is 19.4 Å². The Morgan fingerprint density at radius 2 is 2.00 bits per heavy atom. The summed E-state index contributed by atoms with van der Waals surface area (Å²) in [4.78, 5) is 31.7. The molecule has 0 aromatic carbocycles. The number of piperazine rings is 1. The minimum atomic E-state index is -0.352. The van der Waals surface area contributed by atoms with Gasteiger partial charge in [0.15, 0.2) is 12.4 Å². The number of carbonyl (C=O) groups is 2. The Bertz CT molecular complexity index is 767. The van der Waals surface area contributed by atoms with Crippen molar-refractivity contribution in [3.05, 3.63) is 42.3 Å². The van der Waals surface area contributed by atoms with Gasteiger partial charge in [-0.25, -0.2) is 14.6 Å². The number of rotatable bonds is 2. The maximum Gasteiger partial charge on any atom is 0.409 e. The van der Waals surface area contributed by atoms with Crippen molar-refractivity contribution in [2.75, 3.05) is 32.8 Å². The summed E-state index contributed by atoms with van der Waals surface area (Å²) in [7, 11) is 0. The summed E-state index contributed by atoms with van der Waals surface area (Å²) in [5.74, 6) is 0. The van der Waals surface area contributed by atoms with Crippen LogP contribution in [0.4, 0.5) is 9.59 Å². The lowest BCUT2D eigenvalue weighted by molar-refractivity contribution is -0.604. The van der Waals surface area contributed by atoms with Gasteiger partial charge in [-0.3, -0.25) is 4.57 Å². The van der Waals surface area contributed by atoms with Gasteiger partial charge in [-0.05, 0) is 13.0 Å². The van der Waals surface area contributed by atoms with Gasteiger partial charge >= 0.3 is 12.1 Å². The van der Waals surface area contributed by atoms with E-state index in [9.17, 15) is 14.8 Å². The number of hydrogen-bond donors (Lipinski definition) is 0. The van der Waals surface area contributed by atoms with Crippen molar-refractivity contribution in [3.63, 3.8) is 0 Å². The summed E-state index contributed by atoms with van der Waals surface area (Å²) in [6, 6.07) is 3.16. The monoisotopic (exact) mass is 345 g/mol. The van der Waals surface area contributed by atoms with Crippen LogP contribution in [-0.2, 0) is 4.74 Å². The first-order valence-corrected chi connectivity index (χ1v) is 8.02. The van der Waals surface area contributed by atoms with Crippen LogP contribution in [0.3, 0.4) is 0 Å². The zero-order valence-corrected chi connectivity index (χ0v) is 13.9. The van der Waals surface area contributed by atoms with Crippen molar-refractivity contribution < 1.29 is 19.1 Å². The third-order valence-corrected chi connectivity index (χ3v) is 3.95. The molecule has 1 saturated heterocycles. The van der Waals surface area contributed by atoms with E-state index in [0.29, 0.717) is 48.8 Å². The third kappa shape index (κ3) is 3.70. The van der Waals surface area contributed by atoms with E-state index in [4.69, 9.17) is 4.74 Å². The molecule has 0 N–H and O–H groups in total. The number of aromatic nitrogens is 3.